The molecule has 0 spiro atoms. The molecule has 17 heavy (non-hydrogen) atoms. The second kappa shape index (κ2) is 6.15. The molecule has 1 fully saturated rings. The van der Waals surface area contributed by atoms with Gasteiger partial charge in [-0.15, -0.1) is 0 Å². The maximum Gasteiger partial charge on any atom is 0.0509 e. The topological polar surface area (TPSA) is 47.3 Å². The highest BCUT2D eigenvalue weighted by atomic mass is 16.5. The van der Waals surface area contributed by atoms with Crippen molar-refractivity contribution in [1.29, 1.82) is 0 Å². The molecule has 0 radical (unpaired) electrons. The smallest absolute Gasteiger partial charge is 0.0509 e. The summed E-state index contributed by atoms with van der Waals surface area (Å²) < 4.78 is 5.53. The van der Waals surface area contributed by atoms with E-state index in [1.807, 2.05) is 0 Å². The summed E-state index contributed by atoms with van der Waals surface area (Å²) in [4.78, 5) is 0. The van der Waals surface area contributed by atoms with Gasteiger partial charge in [-0.2, -0.15) is 0 Å². The van der Waals surface area contributed by atoms with Crippen LogP contribution in [0.5, 0.6) is 0 Å². The summed E-state index contributed by atoms with van der Waals surface area (Å²) in [5.74, 6) is 6.21. The van der Waals surface area contributed by atoms with Gasteiger partial charge in [0, 0.05) is 12.6 Å². The summed E-state index contributed by atoms with van der Waals surface area (Å²) in [5, 5.41) is 0. The molecule has 0 bridgehead atoms. The Morgan fingerprint density at radius 1 is 1.41 bits per heavy atom. The van der Waals surface area contributed by atoms with Gasteiger partial charge < -0.3 is 4.74 Å². The SMILES string of the molecule is Cc1ccc(CC(NN)C2CCCOC2)cc1. The number of hydrogen-bond acceptors (Lipinski definition) is 3. The summed E-state index contributed by atoms with van der Waals surface area (Å²) in [6, 6.07) is 8.99. The molecule has 2 rings (SSSR count). The van der Waals surface area contributed by atoms with E-state index in [9.17, 15) is 0 Å². The first-order chi connectivity index (χ1) is 8.29. The standard InChI is InChI=1S/C14H22N2O/c1-11-4-6-12(7-5-11)9-14(16-15)13-3-2-8-17-10-13/h4-7,13-14,16H,2-3,8-10,15H2,1H3. The van der Waals surface area contributed by atoms with Crippen LogP contribution in [-0.2, 0) is 11.2 Å². The maximum absolute atomic E-state index is 5.68. The number of hydrazine groups is 1. The van der Waals surface area contributed by atoms with Crippen molar-refractivity contribution in [3.8, 4) is 0 Å². The third-order valence-corrected chi connectivity index (χ3v) is 3.55. The molecule has 1 aliphatic heterocycles. The number of benzene rings is 1. The zero-order valence-electron chi connectivity index (χ0n) is 10.5. The summed E-state index contributed by atoms with van der Waals surface area (Å²) in [6.07, 6.45) is 3.34. The maximum atomic E-state index is 5.68. The molecule has 1 aromatic carbocycles. The van der Waals surface area contributed by atoms with Crippen LogP contribution in [0.1, 0.15) is 24.0 Å². The Labute approximate surface area is 103 Å². The largest absolute Gasteiger partial charge is 0.381 e. The second-order valence-electron chi connectivity index (χ2n) is 4.94. The fourth-order valence-corrected chi connectivity index (χ4v) is 2.42. The van der Waals surface area contributed by atoms with Crippen molar-refractivity contribution in [2.24, 2.45) is 11.8 Å². The van der Waals surface area contributed by atoms with Crippen LogP contribution in [-0.4, -0.2) is 19.3 Å². The Kier molecular flexibility index (Phi) is 4.54. The number of rotatable bonds is 4. The van der Waals surface area contributed by atoms with Crippen molar-refractivity contribution in [1.82, 2.24) is 5.43 Å². The van der Waals surface area contributed by atoms with E-state index in [0.29, 0.717) is 12.0 Å². The Balaban J connectivity index is 1.96. The number of nitrogens with one attached hydrogen (secondary N) is 1. The minimum atomic E-state index is 0.318. The molecule has 94 valence electrons. The average molecular weight is 234 g/mol. The van der Waals surface area contributed by atoms with Crippen molar-refractivity contribution in [2.45, 2.75) is 32.2 Å². The molecular formula is C14H22N2O. The number of hydrogen-bond donors (Lipinski definition) is 2. The van der Waals surface area contributed by atoms with E-state index in [0.717, 1.165) is 26.1 Å². The molecule has 2 atom stereocenters. The summed E-state index contributed by atoms with van der Waals surface area (Å²) in [7, 11) is 0. The lowest BCUT2D eigenvalue weighted by molar-refractivity contribution is 0.0393. The van der Waals surface area contributed by atoms with E-state index in [1.54, 1.807) is 0 Å². The quantitative estimate of drug-likeness (QED) is 0.617. The molecule has 1 aliphatic rings. The van der Waals surface area contributed by atoms with Gasteiger partial charge in [0.05, 0.1) is 6.61 Å². The fraction of sp³-hybridized carbons (Fsp3) is 0.571. The van der Waals surface area contributed by atoms with Gasteiger partial charge in [0.1, 0.15) is 0 Å². The van der Waals surface area contributed by atoms with E-state index in [4.69, 9.17) is 10.6 Å². The van der Waals surface area contributed by atoms with Crippen molar-refractivity contribution < 1.29 is 4.74 Å². The first-order valence-corrected chi connectivity index (χ1v) is 6.39. The lowest BCUT2D eigenvalue weighted by Gasteiger charge is -2.29. The number of nitrogens with two attached hydrogens (primary N) is 1. The Morgan fingerprint density at radius 3 is 2.76 bits per heavy atom. The second-order valence-corrected chi connectivity index (χ2v) is 4.94. The number of ether oxygens (including phenoxy) is 1. The molecule has 0 amide bonds. The molecule has 3 heteroatoms. The highest BCUT2D eigenvalue weighted by molar-refractivity contribution is 5.22. The van der Waals surface area contributed by atoms with Crippen LogP contribution < -0.4 is 11.3 Å². The molecule has 0 aliphatic carbocycles. The third kappa shape index (κ3) is 3.53. The Bertz CT molecular complexity index is 331. The molecular weight excluding hydrogens is 212 g/mol. The molecule has 1 aromatic rings. The van der Waals surface area contributed by atoms with Gasteiger partial charge in [0.15, 0.2) is 0 Å². The van der Waals surface area contributed by atoms with Crippen LogP contribution >= 0.6 is 0 Å². The lowest BCUT2D eigenvalue weighted by atomic mass is 9.89. The van der Waals surface area contributed by atoms with E-state index in [-0.39, 0.29) is 0 Å². The van der Waals surface area contributed by atoms with E-state index >= 15 is 0 Å². The molecule has 1 saturated heterocycles. The van der Waals surface area contributed by atoms with Crippen LogP contribution in [0.4, 0.5) is 0 Å². The van der Waals surface area contributed by atoms with Crippen LogP contribution in [0, 0.1) is 12.8 Å². The van der Waals surface area contributed by atoms with Crippen LogP contribution in [0.15, 0.2) is 24.3 Å². The van der Waals surface area contributed by atoms with Crippen molar-refractivity contribution in [3.05, 3.63) is 35.4 Å². The highest BCUT2D eigenvalue weighted by Gasteiger charge is 2.23. The molecule has 3 N–H and O–H groups in total. The molecule has 0 saturated carbocycles. The van der Waals surface area contributed by atoms with Gasteiger partial charge in [0.2, 0.25) is 0 Å². The van der Waals surface area contributed by atoms with Crippen LogP contribution in [0.2, 0.25) is 0 Å². The van der Waals surface area contributed by atoms with Crippen molar-refractivity contribution >= 4 is 0 Å². The van der Waals surface area contributed by atoms with Crippen LogP contribution in [0.3, 0.4) is 0 Å². The minimum Gasteiger partial charge on any atom is -0.381 e. The number of aryl methyl sites for hydroxylation is 1. The van der Waals surface area contributed by atoms with Gasteiger partial charge in [-0.05, 0) is 37.7 Å². The van der Waals surface area contributed by atoms with Crippen LogP contribution in [0.25, 0.3) is 0 Å². The summed E-state index contributed by atoms with van der Waals surface area (Å²) in [6.45, 7) is 3.84. The van der Waals surface area contributed by atoms with Gasteiger partial charge in [-0.1, -0.05) is 29.8 Å². The molecule has 1 heterocycles. The Hall–Kier alpha value is -0.900. The molecule has 0 aromatic heterocycles. The zero-order chi connectivity index (χ0) is 12.1. The van der Waals surface area contributed by atoms with Crippen molar-refractivity contribution in [3.63, 3.8) is 0 Å². The summed E-state index contributed by atoms with van der Waals surface area (Å²) in [5.41, 5.74) is 5.59. The normalized spacial score (nSPS) is 22.4. The minimum absolute atomic E-state index is 0.318. The van der Waals surface area contributed by atoms with Gasteiger partial charge in [-0.25, -0.2) is 0 Å². The highest BCUT2D eigenvalue weighted by Crippen LogP contribution is 2.20. The molecule has 3 nitrogen and oxygen atoms in total. The first-order valence-electron chi connectivity index (χ1n) is 6.39. The predicted molar refractivity (Wildman–Crippen MR) is 69.5 cm³/mol. The third-order valence-electron chi connectivity index (χ3n) is 3.55. The van der Waals surface area contributed by atoms with Gasteiger partial charge in [-0.3, -0.25) is 11.3 Å². The van der Waals surface area contributed by atoms with E-state index < -0.39 is 0 Å². The first kappa shape index (κ1) is 12.6. The van der Waals surface area contributed by atoms with Gasteiger partial charge in [0.25, 0.3) is 0 Å². The zero-order valence-corrected chi connectivity index (χ0v) is 10.5. The average Bonchev–Trinajstić information content (AvgIpc) is 2.39. The fourth-order valence-electron chi connectivity index (χ4n) is 2.42. The lowest BCUT2D eigenvalue weighted by Crippen LogP contribution is -2.45. The van der Waals surface area contributed by atoms with E-state index in [2.05, 4.69) is 36.6 Å². The predicted octanol–water partition coefficient (Wildman–Crippen LogP) is 1.80. The van der Waals surface area contributed by atoms with E-state index in [1.165, 1.54) is 17.5 Å². The van der Waals surface area contributed by atoms with Gasteiger partial charge >= 0.3 is 0 Å². The monoisotopic (exact) mass is 234 g/mol. The molecule has 2 unspecified atom stereocenters. The Morgan fingerprint density at radius 2 is 2.18 bits per heavy atom. The summed E-state index contributed by atoms with van der Waals surface area (Å²) >= 11 is 0. The van der Waals surface area contributed by atoms with Crippen molar-refractivity contribution in [2.75, 3.05) is 13.2 Å².